The van der Waals surface area contributed by atoms with E-state index in [1.807, 2.05) is 66.7 Å². The van der Waals surface area contributed by atoms with Gasteiger partial charge in [0.25, 0.3) is 0 Å². The number of hydrogen-bond donors (Lipinski definition) is 0. The van der Waals surface area contributed by atoms with Crippen molar-refractivity contribution in [2.45, 2.75) is 0 Å². The van der Waals surface area contributed by atoms with Gasteiger partial charge in [0.1, 0.15) is 0 Å². The molecule has 0 radical (unpaired) electrons. The molecule has 0 heterocycles. The topological polar surface area (TPSA) is 12.4 Å². The summed E-state index contributed by atoms with van der Waals surface area (Å²) in [5.74, 6) is 0. The highest BCUT2D eigenvalue weighted by Crippen LogP contribution is 2.18. The summed E-state index contributed by atoms with van der Waals surface area (Å²) in [6.07, 6.45) is 1.99. The van der Waals surface area contributed by atoms with E-state index in [9.17, 15) is 0 Å². The first-order valence-corrected chi connectivity index (χ1v) is 5.71. The quantitative estimate of drug-likeness (QED) is 0.441. The van der Waals surface area contributed by atoms with Crippen molar-refractivity contribution in [3.05, 3.63) is 71.8 Å². The molecular weight excluding hydrogens is 226 g/mol. The van der Waals surface area contributed by atoms with Crippen LogP contribution in [0.25, 0.3) is 11.8 Å². The summed E-state index contributed by atoms with van der Waals surface area (Å²) >= 11 is 4.69. The first kappa shape index (κ1) is 11.5. The summed E-state index contributed by atoms with van der Waals surface area (Å²) in [4.78, 5) is 4.12. The van der Waals surface area contributed by atoms with Crippen molar-refractivity contribution in [3.63, 3.8) is 0 Å². The first-order chi connectivity index (χ1) is 8.40. The maximum atomic E-state index is 4.69. The monoisotopic (exact) mass is 237 g/mol. The maximum Gasteiger partial charge on any atom is 0.0817 e. The Balaban J connectivity index is 2.43. The zero-order chi connectivity index (χ0) is 11.9. The lowest BCUT2D eigenvalue weighted by Gasteiger charge is -2.00. The van der Waals surface area contributed by atoms with Gasteiger partial charge in [-0.25, -0.2) is 0 Å². The summed E-state index contributed by atoms with van der Waals surface area (Å²) in [6.45, 7) is 0. The van der Waals surface area contributed by atoms with E-state index in [-0.39, 0.29) is 0 Å². The molecule has 0 spiro atoms. The van der Waals surface area contributed by atoms with Gasteiger partial charge in [-0.2, -0.15) is 4.99 Å². The van der Waals surface area contributed by atoms with Gasteiger partial charge in [-0.3, -0.25) is 0 Å². The second-order valence-corrected chi connectivity index (χ2v) is 3.69. The highest BCUT2D eigenvalue weighted by atomic mass is 32.1. The molecule has 1 nitrogen and oxygen atoms in total. The maximum absolute atomic E-state index is 4.69. The Morgan fingerprint density at radius 1 is 0.941 bits per heavy atom. The van der Waals surface area contributed by atoms with Crippen LogP contribution in [0.2, 0.25) is 0 Å². The molecule has 0 bridgehead atoms. The zero-order valence-corrected chi connectivity index (χ0v) is 10.0. The Labute approximate surface area is 106 Å². The van der Waals surface area contributed by atoms with Gasteiger partial charge in [0.2, 0.25) is 0 Å². The third kappa shape index (κ3) is 3.22. The molecule has 2 rings (SSSR count). The van der Waals surface area contributed by atoms with E-state index in [2.05, 4.69) is 22.4 Å². The Hall–Kier alpha value is -2.02. The largest absolute Gasteiger partial charge is 0.194 e. The smallest absolute Gasteiger partial charge is 0.0817 e. The molecule has 17 heavy (non-hydrogen) atoms. The fourth-order valence-electron chi connectivity index (χ4n) is 1.55. The number of isothiocyanates is 1. The van der Waals surface area contributed by atoms with Crippen LogP contribution in [0.1, 0.15) is 11.1 Å². The van der Waals surface area contributed by atoms with E-state index >= 15 is 0 Å². The minimum atomic E-state index is 0.826. The van der Waals surface area contributed by atoms with Crippen LogP contribution in [0.4, 0.5) is 0 Å². The molecule has 2 aromatic carbocycles. The molecule has 0 atom stereocenters. The van der Waals surface area contributed by atoms with Crippen molar-refractivity contribution < 1.29 is 0 Å². The van der Waals surface area contributed by atoms with E-state index in [1.54, 1.807) is 0 Å². The summed E-state index contributed by atoms with van der Waals surface area (Å²) in [7, 11) is 0. The molecule has 0 aliphatic heterocycles. The summed E-state index contributed by atoms with van der Waals surface area (Å²) in [5.41, 5.74) is 2.96. The molecule has 0 aliphatic rings. The lowest BCUT2D eigenvalue weighted by atomic mass is 10.1. The van der Waals surface area contributed by atoms with E-state index in [4.69, 9.17) is 0 Å². The minimum Gasteiger partial charge on any atom is -0.194 e. The van der Waals surface area contributed by atoms with Crippen molar-refractivity contribution in [2.24, 2.45) is 4.99 Å². The SMILES string of the molecule is S=C=NC(=Cc1ccccc1)c1ccccc1. The van der Waals surface area contributed by atoms with Crippen LogP contribution in [0.15, 0.2) is 65.7 Å². The van der Waals surface area contributed by atoms with Gasteiger partial charge < -0.3 is 0 Å². The molecule has 2 heteroatoms. The van der Waals surface area contributed by atoms with Gasteiger partial charge in [-0.05, 0) is 23.9 Å². The summed E-state index contributed by atoms with van der Waals surface area (Å²) < 4.78 is 0. The van der Waals surface area contributed by atoms with Crippen molar-refractivity contribution >= 4 is 29.2 Å². The number of thiocarbonyl (C=S) groups is 1. The van der Waals surface area contributed by atoms with Gasteiger partial charge >= 0.3 is 0 Å². The van der Waals surface area contributed by atoms with Crippen molar-refractivity contribution in [1.29, 1.82) is 0 Å². The van der Waals surface area contributed by atoms with Crippen LogP contribution < -0.4 is 0 Å². The second kappa shape index (κ2) is 5.90. The van der Waals surface area contributed by atoms with Crippen LogP contribution in [-0.2, 0) is 0 Å². The molecule has 82 valence electrons. The molecule has 0 aromatic heterocycles. The summed E-state index contributed by atoms with van der Waals surface area (Å²) in [5, 5.41) is 2.43. The number of rotatable bonds is 3. The zero-order valence-electron chi connectivity index (χ0n) is 9.21. The number of nitrogens with zero attached hydrogens (tertiary/aromatic N) is 1. The molecule has 0 unspecified atom stereocenters. The van der Waals surface area contributed by atoms with E-state index in [0.717, 1.165) is 16.8 Å². The standard InChI is InChI=1S/C15H11NS/c17-12-16-15(14-9-5-2-6-10-14)11-13-7-3-1-4-8-13/h1-11H. The normalized spacial score (nSPS) is 10.7. The third-order valence-corrected chi connectivity index (χ3v) is 2.43. The molecule has 0 saturated heterocycles. The highest BCUT2D eigenvalue weighted by Gasteiger charge is 1.98. The average Bonchev–Trinajstić information content (AvgIpc) is 2.40. The first-order valence-electron chi connectivity index (χ1n) is 5.30. The van der Waals surface area contributed by atoms with E-state index < -0.39 is 0 Å². The van der Waals surface area contributed by atoms with Gasteiger partial charge in [0, 0.05) is 5.56 Å². The fourth-order valence-corrected chi connectivity index (χ4v) is 1.64. The Morgan fingerprint density at radius 3 is 2.12 bits per heavy atom. The fraction of sp³-hybridized carbons (Fsp3) is 0. The van der Waals surface area contributed by atoms with Crippen LogP contribution in [0.5, 0.6) is 0 Å². The molecule has 0 aliphatic carbocycles. The summed E-state index contributed by atoms with van der Waals surface area (Å²) in [6, 6.07) is 20.0. The van der Waals surface area contributed by atoms with Gasteiger partial charge in [0.05, 0.1) is 10.9 Å². The molecule has 2 aromatic rings. The molecular formula is C15H11NS. The average molecular weight is 237 g/mol. The lowest BCUT2D eigenvalue weighted by molar-refractivity contribution is 1.53. The molecule has 0 saturated carbocycles. The molecule has 0 amide bonds. The van der Waals surface area contributed by atoms with Crippen molar-refractivity contribution in [3.8, 4) is 0 Å². The Kier molecular flexibility index (Phi) is 3.98. The molecule has 0 fully saturated rings. The van der Waals surface area contributed by atoms with Crippen LogP contribution in [-0.4, -0.2) is 5.16 Å². The lowest BCUT2D eigenvalue weighted by Crippen LogP contribution is -1.80. The van der Waals surface area contributed by atoms with Crippen LogP contribution in [0, 0.1) is 0 Å². The van der Waals surface area contributed by atoms with Gasteiger partial charge in [0.15, 0.2) is 0 Å². The number of aliphatic imine (C=N–C) groups is 1. The van der Waals surface area contributed by atoms with E-state index in [1.165, 1.54) is 0 Å². The Morgan fingerprint density at radius 2 is 1.53 bits per heavy atom. The number of benzene rings is 2. The highest BCUT2D eigenvalue weighted by molar-refractivity contribution is 7.78. The van der Waals surface area contributed by atoms with Crippen LogP contribution >= 0.6 is 12.2 Å². The van der Waals surface area contributed by atoms with Gasteiger partial charge in [-0.1, -0.05) is 60.7 Å². The predicted molar refractivity (Wildman–Crippen MR) is 75.8 cm³/mol. The second-order valence-electron chi connectivity index (χ2n) is 3.51. The molecule has 0 N–H and O–H groups in total. The van der Waals surface area contributed by atoms with Crippen LogP contribution in [0.3, 0.4) is 0 Å². The third-order valence-electron chi connectivity index (χ3n) is 2.34. The van der Waals surface area contributed by atoms with E-state index in [0.29, 0.717) is 0 Å². The van der Waals surface area contributed by atoms with Crippen molar-refractivity contribution in [1.82, 2.24) is 0 Å². The minimum absolute atomic E-state index is 0.826. The predicted octanol–water partition coefficient (Wildman–Crippen LogP) is 4.29. The number of hydrogen-bond acceptors (Lipinski definition) is 2. The van der Waals surface area contributed by atoms with Crippen molar-refractivity contribution in [2.75, 3.05) is 0 Å². The Bertz CT molecular complexity index is 552. The van der Waals surface area contributed by atoms with Gasteiger partial charge in [-0.15, -0.1) is 0 Å².